The number of carboxylic acid groups (broad SMARTS) is 1. The zero-order valence-corrected chi connectivity index (χ0v) is 9.55. The number of carbonyl (C=O) groups is 2. The molecule has 92 valence electrons. The fourth-order valence-electron chi connectivity index (χ4n) is 1.91. The van der Waals surface area contributed by atoms with Crippen molar-refractivity contribution in [3.63, 3.8) is 0 Å². The van der Waals surface area contributed by atoms with Gasteiger partial charge in [0.15, 0.2) is 17.8 Å². The number of hydrogen-bond donors (Lipinski definition) is 1. The highest BCUT2D eigenvalue weighted by Crippen LogP contribution is 2.18. The summed E-state index contributed by atoms with van der Waals surface area (Å²) in [5.41, 5.74) is 0.545. The molecule has 1 aromatic rings. The lowest BCUT2D eigenvalue weighted by Gasteiger charge is -2.27. The van der Waals surface area contributed by atoms with Gasteiger partial charge in [-0.05, 0) is 12.8 Å². The SMILES string of the molecule is CCc1nc(C=O)n(C[C@@H]2CCO2)c1C(=O)O. The van der Waals surface area contributed by atoms with Crippen molar-refractivity contribution in [2.45, 2.75) is 32.4 Å². The van der Waals surface area contributed by atoms with Crippen LogP contribution in [-0.2, 0) is 17.7 Å². The molecule has 6 heteroatoms. The van der Waals surface area contributed by atoms with Gasteiger partial charge < -0.3 is 14.4 Å². The molecule has 2 rings (SSSR count). The number of carbonyl (C=O) groups excluding carboxylic acids is 1. The van der Waals surface area contributed by atoms with E-state index in [9.17, 15) is 14.7 Å². The van der Waals surface area contributed by atoms with Crippen LogP contribution in [0.4, 0.5) is 0 Å². The number of nitrogens with zero attached hydrogens (tertiary/aromatic N) is 2. The molecule has 1 fully saturated rings. The van der Waals surface area contributed by atoms with Gasteiger partial charge in [0.25, 0.3) is 0 Å². The standard InChI is InChI=1S/C11H14N2O4/c1-2-8-10(11(15)16)13(9(6-14)12-8)5-7-3-4-17-7/h6-7H,2-5H2,1H3,(H,15,16)/t7-/m0/s1. The van der Waals surface area contributed by atoms with E-state index in [1.165, 1.54) is 4.57 Å². The molecule has 0 saturated carbocycles. The maximum absolute atomic E-state index is 11.2. The van der Waals surface area contributed by atoms with Crippen molar-refractivity contribution in [3.8, 4) is 0 Å². The monoisotopic (exact) mass is 238 g/mol. The van der Waals surface area contributed by atoms with Crippen LogP contribution in [0.1, 0.15) is 40.1 Å². The number of aldehydes is 1. The second-order valence-electron chi connectivity index (χ2n) is 3.93. The molecule has 1 aliphatic heterocycles. The maximum atomic E-state index is 11.2. The topological polar surface area (TPSA) is 81.4 Å². The third kappa shape index (κ3) is 2.08. The number of aromatic carboxylic acids is 1. The predicted octanol–water partition coefficient (Wildman–Crippen LogP) is 0.745. The van der Waals surface area contributed by atoms with Crippen LogP contribution in [0.5, 0.6) is 0 Å². The summed E-state index contributed by atoms with van der Waals surface area (Å²) in [6.07, 6.45) is 1.95. The summed E-state index contributed by atoms with van der Waals surface area (Å²) >= 11 is 0. The molecule has 0 amide bonds. The highest BCUT2D eigenvalue weighted by Gasteiger charge is 2.26. The lowest BCUT2D eigenvalue weighted by Crippen LogP contribution is -2.33. The molecular weight excluding hydrogens is 224 g/mol. The molecule has 0 aromatic carbocycles. The summed E-state index contributed by atoms with van der Waals surface area (Å²) in [6, 6.07) is 0. The van der Waals surface area contributed by atoms with Gasteiger partial charge in [-0.3, -0.25) is 4.79 Å². The minimum Gasteiger partial charge on any atom is -0.477 e. The molecule has 0 radical (unpaired) electrons. The average Bonchev–Trinajstić information content (AvgIpc) is 2.61. The third-order valence-corrected chi connectivity index (χ3v) is 2.89. The molecule has 1 atom stereocenters. The first-order valence-electron chi connectivity index (χ1n) is 5.56. The van der Waals surface area contributed by atoms with Crippen molar-refractivity contribution in [2.75, 3.05) is 6.61 Å². The number of rotatable bonds is 5. The summed E-state index contributed by atoms with van der Waals surface area (Å²) < 4.78 is 6.70. The number of hydrogen-bond acceptors (Lipinski definition) is 4. The van der Waals surface area contributed by atoms with Crippen LogP contribution in [0.25, 0.3) is 0 Å². The number of carboxylic acids is 1. The number of aromatic nitrogens is 2. The van der Waals surface area contributed by atoms with Crippen LogP contribution < -0.4 is 0 Å². The molecule has 1 aliphatic rings. The molecule has 6 nitrogen and oxygen atoms in total. The first-order valence-corrected chi connectivity index (χ1v) is 5.56. The second kappa shape index (κ2) is 4.67. The zero-order valence-electron chi connectivity index (χ0n) is 9.55. The highest BCUT2D eigenvalue weighted by molar-refractivity contribution is 5.88. The fraction of sp³-hybridized carbons (Fsp3) is 0.545. The Morgan fingerprint density at radius 1 is 1.71 bits per heavy atom. The fourth-order valence-corrected chi connectivity index (χ4v) is 1.91. The molecule has 0 unspecified atom stereocenters. The maximum Gasteiger partial charge on any atom is 0.354 e. The van der Waals surface area contributed by atoms with E-state index in [1.807, 2.05) is 6.92 Å². The first kappa shape index (κ1) is 11.8. The molecule has 0 spiro atoms. The Balaban J connectivity index is 2.40. The van der Waals surface area contributed by atoms with Gasteiger partial charge in [-0.15, -0.1) is 0 Å². The van der Waals surface area contributed by atoms with Crippen LogP contribution in [0.15, 0.2) is 0 Å². The molecule has 1 N–H and O–H groups in total. The Kier molecular flexibility index (Phi) is 3.23. The van der Waals surface area contributed by atoms with Crippen molar-refractivity contribution >= 4 is 12.3 Å². The van der Waals surface area contributed by atoms with E-state index in [4.69, 9.17) is 4.74 Å². The molecule has 0 aliphatic carbocycles. The molecule has 1 saturated heterocycles. The van der Waals surface area contributed by atoms with Gasteiger partial charge in [0.05, 0.1) is 18.3 Å². The van der Waals surface area contributed by atoms with E-state index in [2.05, 4.69) is 4.98 Å². The Labute approximate surface area is 98.2 Å². The number of imidazole rings is 1. The normalized spacial score (nSPS) is 18.8. The highest BCUT2D eigenvalue weighted by atomic mass is 16.5. The lowest BCUT2D eigenvalue weighted by molar-refractivity contribution is -0.0596. The molecule has 17 heavy (non-hydrogen) atoms. The smallest absolute Gasteiger partial charge is 0.354 e. The van der Waals surface area contributed by atoms with Gasteiger partial charge in [-0.2, -0.15) is 0 Å². The Morgan fingerprint density at radius 2 is 2.41 bits per heavy atom. The van der Waals surface area contributed by atoms with Gasteiger partial charge in [-0.1, -0.05) is 6.92 Å². The largest absolute Gasteiger partial charge is 0.477 e. The van der Waals surface area contributed by atoms with E-state index in [0.717, 1.165) is 6.42 Å². The van der Waals surface area contributed by atoms with Crippen molar-refractivity contribution in [3.05, 3.63) is 17.2 Å². The van der Waals surface area contributed by atoms with Crippen molar-refractivity contribution < 1.29 is 19.4 Å². The predicted molar refractivity (Wildman–Crippen MR) is 58.3 cm³/mol. The molecule has 2 heterocycles. The van der Waals surface area contributed by atoms with Gasteiger partial charge in [0.2, 0.25) is 0 Å². The van der Waals surface area contributed by atoms with Gasteiger partial charge in [-0.25, -0.2) is 9.78 Å². The van der Waals surface area contributed by atoms with E-state index in [1.54, 1.807) is 0 Å². The summed E-state index contributed by atoms with van der Waals surface area (Å²) in [7, 11) is 0. The first-order chi connectivity index (χ1) is 8.17. The quantitative estimate of drug-likeness (QED) is 0.765. The molecular formula is C11H14N2O4. The van der Waals surface area contributed by atoms with Crippen LogP contribution >= 0.6 is 0 Å². The van der Waals surface area contributed by atoms with E-state index < -0.39 is 5.97 Å². The summed E-state index contributed by atoms with van der Waals surface area (Å²) in [6.45, 7) is 2.88. The van der Waals surface area contributed by atoms with Gasteiger partial charge in [0, 0.05) is 6.61 Å². The lowest BCUT2D eigenvalue weighted by atomic mass is 10.2. The van der Waals surface area contributed by atoms with Crippen molar-refractivity contribution in [1.29, 1.82) is 0 Å². The minimum atomic E-state index is -1.05. The van der Waals surface area contributed by atoms with Crippen molar-refractivity contribution in [1.82, 2.24) is 9.55 Å². The summed E-state index contributed by atoms with van der Waals surface area (Å²) in [5.74, 6) is -0.892. The van der Waals surface area contributed by atoms with E-state index >= 15 is 0 Å². The van der Waals surface area contributed by atoms with Crippen LogP contribution in [0.2, 0.25) is 0 Å². The Hall–Kier alpha value is -1.69. The van der Waals surface area contributed by atoms with Gasteiger partial charge in [0.1, 0.15) is 0 Å². The van der Waals surface area contributed by atoms with Crippen molar-refractivity contribution in [2.24, 2.45) is 0 Å². The third-order valence-electron chi connectivity index (χ3n) is 2.89. The summed E-state index contributed by atoms with van der Waals surface area (Å²) in [5, 5.41) is 9.17. The Morgan fingerprint density at radius 3 is 2.82 bits per heavy atom. The van der Waals surface area contributed by atoms with E-state index in [-0.39, 0.29) is 17.6 Å². The van der Waals surface area contributed by atoms with Crippen LogP contribution in [0, 0.1) is 0 Å². The number of ether oxygens (including phenoxy) is 1. The summed E-state index contributed by atoms with van der Waals surface area (Å²) in [4.78, 5) is 26.1. The Bertz CT molecular complexity index is 449. The minimum absolute atomic E-state index is 0.00861. The molecule has 1 aromatic heterocycles. The van der Waals surface area contributed by atoms with E-state index in [0.29, 0.717) is 31.6 Å². The van der Waals surface area contributed by atoms with Gasteiger partial charge >= 0.3 is 5.97 Å². The average molecular weight is 238 g/mol. The number of aryl methyl sites for hydroxylation is 1. The second-order valence-corrected chi connectivity index (χ2v) is 3.93. The molecule has 0 bridgehead atoms. The van der Waals surface area contributed by atoms with Crippen LogP contribution in [0.3, 0.4) is 0 Å². The van der Waals surface area contributed by atoms with Crippen LogP contribution in [-0.4, -0.2) is 39.6 Å². The zero-order chi connectivity index (χ0) is 12.4.